The molecule has 0 saturated heterocycles. The Balaban J connectivity index is 0. The molecule has 3 N–H and O–H groups in total. The van der Waals surface area contributed by atoms with Crippen molar-refractivity contribution >= 4 is 51.4 Å². The average molecular weight is 125 g/mol. The fourth-order valence-electron chi connectivity index (χ4n) is 0.215. The summed E-state index contributed by atoms with van der Waals surface area (Å²) < 4.78 is 0. The van der Waals surface area contributed by atoms with Crippen molar-refractivity contribution in [2.24, 2.45) is 0 Å². The van der Waals surface area contributed by atoms with Crippen LogP contribution in [0.2, 0.25) is 0 Å². The van der Waals surface area contributed by atoms with Crippen LogP contribution in [0.3, 0.4) is 0 Å². The van der Waals surface area contributed by atoms with Crippen LogP contribution in [0.25, 0.3) is 0 Å². The van der Waals surface area contributed by atoms with E-state index >= 15 is 0 Å². The normalized spacial score (nSPS) is 5.71. The molecule has 1 aromatic rings. The third kappa shape index (κ3) is 4.66. The summed E-state index contributed by atoms with van der Waals surface area (Å²) in [7, 11) is 0. The van der Waals surface area contributed by atoms with E-state index in [0.717, 1.165) is 0 Å². The molecule has 0 bridgehead atoms. The third-order valence-corrected chi connectivity index (χ3v) is 0.406. The molecule has 1 rings (SSSR count). The Kier molecular flexibility index (Phi) is 10.4. The van der Waals surface area contributed by atoms with E-state index in [9.17, 15) is 0 Å². The van der Waals surface area contributed by atoms with Crippen molar-refractivity contribution < 1.29 is 5.48 Å². The number of hydrogen-bond acceptors (Lipinski definition) is 1. The van der Waals surface area contributed by atoms with Gasteiger partial charge in [0.1, 0.15) is 0 Å². The van der Waals surface area contributed by atoms with Crippen LogP contribution in [0.1, 0.15) is 0 Å². The molecule has 0 amide bonds. The first kappa shape index (κ1) is 10.7. The molecule has 4 heteroatoms. The topological polar surface area (TPSA) is 60.2 Å². The van der Waals surface area contributed by atoms with Crippen LogP contribution < -0.4 is 0 Å². The zero-order valence-corrected chi connectivity index (χ0v) is 7.30. The number of nitrogens with one attached hydrogen (secondary N) is 1. The number of nitrogens with zero attached hydrogens (tertiary/aromatic N) is 1. The smallest absolute Gasteiger partial charge is 0.0487 e. The number of aromatic nitrogens is 2. The van der Waals surface area contributed by atoms with E-state index in [0.29, 0.717) is 0 Å². The van der Waals surface area contributed by atoms with Crippen LogP contribution >= 0.6 is 0 Å². The van der Waals surface area contributed by atoms with Crippen molar-refractivity contribution in [2.45, 2.75) is 0 Å². The summed E-state index contributed by atoms with van der Waals surface area (Å²) >= 11 is 0. The van der Waals surface area contributed by atoms with Crippen molar-refractivity contribution in [1.82, 2.24) is 10.2 Å². The van der Waals surface area contributed by atoms with E-state index in [1.54, 1.807) is 12.4 Å². The van der Waals surface area contributed by atoms with Crippen LogP contribution in [0.4, 0.5) is 0 Å². The summed E-state index contributed by atoms with van der Waals surface area (Å²) in [5.41, 5.74) is 0. The molecule has 0 fully saturated rings. The van der Waals surface area contributed by atoms with Crippen LogP contribution in [-0.2, 0) is 0 Å². The zero-order chi connectivity index (χ0) is 3.54. The van der Waals surface area contributed by atoms with Gasteiger partial charge in [0, 0.05) is 63.8 Å². The van der Waals surface area contributed by atoms with Crippen LogP contribution in [0.15, 0.2) is 18.5 Å². The first-order chi connectivity index (χ1) is 2.50. The van der Waals surface area contributed by atoms with Gasteiger partial charge in [0.05, 0.1) is 0 Å². The molecule has 1 heterocycles. The summed E-state index contributed by atoms with van der Waals surface area (Å²) in [5, 5.41) is 6.21. The molecule has 0 spiro atoms. The molecule has 0 aromatic carbocycles. The number of H-pyrrole nitrogens is 1. The van der Waals surface area contributed by atoms with Crippen LogP contribution in [0.5, 0.6) is 0 Å². The predicted molar refractivity (Wildman–Crippen MR) is 28.0 cm³/mol. The molecule has 0 unspecified atom stereocenters. The van der Waals surface area contributed by atoms with Crippen molar-refractivity contribution in [3.63, 3.8) is 0 Å². The Morgan fingerprint density at radius 2 is 2.14 bits per heavy atom. The largest absolute Gasteiger partial charge is 0.412 e. The first-order valence-corrected chi connectivity index (χ1v) is 1.44. The van der Waals surface area contributed by atoms with E-state index in [-0.39, 0.29) is 56.9 Å². The van der Waals surface area contributed by atoms with Crippen molar-refractivity contribution in [3.8, 4) is 0 Å². The van der Waals surface area contributed by atoms with Gasteiger partial charge in [-0.15, -0.1) is 0 Å². The van der Waals surface area contributed by atoms with Gasteiger partial charge in [-0.1, -0.05) is 0 Å². The quantitative estimate of drug-likeness (QED) is 0.453. The second-order valence-corrected chi connectivity index (χ2v) is 0.766. The molecule has 1 radical (unpaired) electrons. The maximum atomic E-state index is 3.60. The molecular weight excluding hydrogens is 119 g/mol. The van der Waals surface area contributed by atoms with Gasteiger partial charge in [-0.25, -0.2) is 0 Å². The second-order valence-electron chi connectivity index (χ2n) is 0.766. The molecular formula is C3H6KN2O. The maximum Gasteiger partial charge on any atom is 0.0487 e. The maximum absolute atomic E-state index is 3.60. The number of rotatable bonds is 0. The third-order valence-electron chi connectivity index (χ3n) is 0.406. The van der Waals surface area contributed by atoms with Gasteiger partial charge in [-0.05, 0) is 6.07 Å². The average Bonchev–Trinajstić information content (AvgIpc) is 1.76. The summed E-state index contributed by atoms with van der Waals surface area (Å²) in [6.07, 6.45) is 3.46. The predicted octanol–water partition coefficient (Wildman–Crippen LogP) is -0.796. The molecule has 3 nitrogen and oxygen atoms in total. The summed E-state index contributed by atoms with van der Waals surface area (Å²) in [6.45, 7) is 0. The van der Waals surface area contributed by atoms with Gasteiger partial charge in [0.2, 0.25) is 0 Å². The van der Waals surface area contributed by atoms with E-state index in [1.807, 2.05) is 6.07 Å². The summed E-state index contributed by atoms with van der Waals surface area (Å²) in [6, 6.07) is 1.83. The zero-order valence-electron chi connectivity index (χ0n) is 4.18. The minimum atomic E-state index is 0. The van der Waals surface area contributed by atoms with Crippen molar-refractivity contribution in [3.05, 3.63) is 18.5 Å². The Hall–Kier alpha value is 0.806. The van der Waals surface area contributed by atoms with E-state index in [1.165, 1.54) is 0 Å². The van der Waals surface area contributed by atoms with Gasteiger partial charge in [0.25, 0.3) is 0 Å². The van der Waals surface area contributed by atoms with Gasteiger partial charge >= 0.3 is 0 Å². The standard InChI is InChI=1S/C3H4N2.K.H2O/c1-2-4-5-3-1;;/h1-3H,(H,4,5);;1H2. The Morgan fingerprint density at radius 1 is 1.43 bits per heavy atom. The van der Waals surface area contributed by atoms with E-state index in [4.69, 9.17) is 0 Å². The minimum Gasteiger partial charge on any atom is -0.412 e. The molecule has 7 heavy (non-hydrogen) atoms. The Morgan fingerprint density at radius 3 is 2.29 bits per heavy atom. The summed E-state index contributed by atoms with van der Waals surface area (Å²) in [4.78, 5) is 0. The molecule has 0 saturated carbocycles. The van der Waals surface area contributed by atoms with Gasteiger partial charge in [0.15, 0.2) is 0 Å². The molecule has 0 aliphatic rings. The summed E-state index contributed by atoms with van der Waals surface area (Å²) in [5.74, 6) is 0. The van der Waals surface area contributed by atoms with Crippen molar-refractivity contribution in [1.29, 1.82) is 0 Å². The molecule has 35 valence electrons. The van der Waals surface area contributed by atoms with Gasteiger partial charge < -0.3 is 5.48 Å². The molecule has 0 atom stereocenters. The van der Waals surface area contributed by atoms with E-state index < -0.39 is 0 Å². The number of aromatic amines is 1. The van der Waals surface area contributed by atoms with Crippen molar-refractivity contribution in [2.75, 3.05) is 0 Å². The monoisotopic (exact) mass is 125 g/mol. The van der Waals surface area contributed by atoms with Crippen LogP contribution in [0, 0.1) is 0 Å². The molecule has 0 aliphatic heterocycles. The first-order valence-electron chi connectivity index (χ1n) is 1.44. The fraction of sp³-hybridized carbons (Fsp3) is 0. The minimum absolute atomic E-state index is 0. The number of hydrogen-bond donors (Lipinski definition) is 1. The van der Waals surface area contributed by atoms with E-state index in [2.05, 4.69) is 10.2 Å². The van der Waals surface area contributed by atoms with Gasteiger partial charge in [-0.2, -0.15) is 5.10 Å². The SMILES string of the molecule is O.[K].c1cn[nH]c1. The second kappa shape index (κ2) is 6.81. The van der Waals surface area contributed by atoms with Gasteiger partial charge in [-0.3, -0.25) is 5.10 Å². The van der Waals surface area contributed by atoms with Crippen LogP contribution in [-0.4, -0.2) is 67.1 Å². The Bertz CT molecular complexity index is 69.4. The molecule has 0 aliphatic carbocycles. The molecule has 1 aromatic heterocycles. The fourth-order valence-corrected chi connectivity index (χ4v) is 0.215. The Labute approximate surface area is 84.2 Å².